The summed E-state index contributed by atoms with van der Waals surface area (Å²) >= 11 is 0. The van der Waals surface area contributed by atoms with Gasteiger partial charge in [0, 0.05) is 45.3 Å². The Hall–Kier alpha value is -2.91. The highest BCUT2D eigenvalue weighted by Crippen LogP contribution is 2.16. The molecular formula is C18H26N6O4. The van der Waals surface area contributed by atoms with Gasteiger partial charge in [0.15, 0.2) is 0 Å². The van der Waals surface area contributed by atoms with E-state index in [1.54, 1.807) is 27.8 Å². The number of nitrogens with zero attached hydrogens (tertiary/aromatic N) is 5. The number of carbonyl (C=O) groups is 3. The second-order valence-corrected chi connectivity index (χ2v) is 6.83. The van der Waals surface area contributed by atoms with Crippen molar-refractivity contribution in [1.29, 1.82) is 0 Å². The second kappa shape index (κ2) is 9.34. The first-order valence-electron chi connectivity index (χ1n) is 9.59. The Morgan fingerprint density at radius 3 is 2.39 bits per heavy atom. The standard InChI is InChI=1S/C18H26N6O4/c1-2-28-18(27)24-5-3-14(4-6-24)21-16-12-19-15(11-20-16)17(26)23-9-7-22(13-25)8-10-23/h11-14H,2-10H2,1H3,(H,20,21). The average molecular weight is 390 g/mol. The van der Waals surface area contributed by atoms with Crippen LogP contribution in [0.1, 0.15) is 30.3 Å². The fourth-order valence-corrected chi connectivity index (χ4v) is 3.34. The molecule has 1 aromatic heterocycles. The molecule has 0 radical (unpaired) electrons. The predicted octanol–water partition coefficient (Wildman–Crippen LogP) is 0.424. The van der Waals surface area contributed by atoms with Gasteiger partial charge in [-0.05, 0) is 19.8 Å². The van der Waals surface area contributed by atoms with E-state index < -0.39 is 0 Å². The third kappa shape index (κ3) is 4.87. The zero-order valence-electron chi connectivity index (χ0n) is 16.0. The van der Waals surface area contributed by atoms with Crippen molar-refractivity contribution in [2.75, 3.05) is 51.2 Å². The summed E-state index contributed by atoms with van der Waals surface area (Å²) in [6, 6.07) is 0.193. The molecule has 2 aliphatic rings. The molecule has 0 unspecified atom stereocenters. The van der Waals surface area contributed by atoms with E-state index in [-0.39, 0.29) is 18.0 Å². The van der Waals surface area contributed by atoms with Gasteiger partial charge in [-0.1, -0.05) is 0 Å². The molecule has 0 aromatic carbocycles. The van der Waals surface area contributed by atoms with Crippen LogP contribution in [0.4, 0.5) is 10.6 Å². The lowest BCUT2D eigenvalue weighted by Gasteiger charge is -2.32. The molecule has 0 saturated carbocycles. The molecule has 1 aromatic rings. The molecule has 2 aliphatic heterocycles. The number of rotatable bonds is 5. The Morgan fingerprint density at radius 1 is 1.11 bits per heavy atom. The normalized spacial score (nSPS) is 18.0. The average Bonchev–Trinajstić information content (AvgIpc) is 2.74. The molecule has 0 bridgehead atoms. The molecule has 3 heterocycles. The van der Waals surface area contributed by atoms with Gasteiger partial charge < -0.3 is 24.8 Å². The summed E-state index contributed by atoms with van der Waals surface area (Å²) in [5.74, 6) is 0.434. The Kier molecular flexibility index (Phi) is 6.62. The number of likely N-dealkylation sites (tertiary alicyclic amines) is 1. The van der Waals surface area contributed by atoms with E-state index in [0.717, 1.165) is 19.3 Å². The molecule has 0 spiro atoms. The van der Waals surface area contributed by atoms with Gasteiger partial charge in [0.2, 0.25) is 6.41 Å². The molecule has 28 heavy (non-hydrogen) atoms. The maximum atomic E-state index is 12.5. The predicted molar refractivity (Wildman–Crippen MR) is 101 cm³/mol. The molecule has 3 amide bonds. The van der Waals surface area contributed by atoms with Gasteiger partial charge in [-0.25, -0.2) is 14.8 Å². The number of anilines is 1. The summed E-state index contributed by atoms with van der Waals surface area (Å²) in [5.41, 5.74) is 0.294. The maximum absolute atomic E-state index is 12.5. The molecule has 2 fully saturated rings. The van der Waals surface area contributed by atoms with Crippen LogP contribution in [0.5, 0.6) is 0 Å². The first kappa shape index (κ1) is 19.8. The number of ether oxygens (including phenoxy) is 1. The molecule has 1 N–H and O–H groups in total. The topological polar surface area (TPSA) is 108 Å². The first-order chi connectivity index (χ1) is 13.6. The summed E-state index contributed by atoms with van der Waals surface area (Å²) in [6.07, 6.45) is 5.17. The van der Waals surface area contributed by atoms with Crippen molar-refractivity contribution in [2.45, 2.75) is 25.8 Å². The minimum atomic E-state index is -0.266. The number of carbonyl (C=O) groups excluding carboxylic acids is 3. The number of piperazine rings is 1. The quantitative estimate of drug-likeness (QED) is 0.726. The molecule has 10 heteroatoms. The minimum Gasteiger partial charge on any atom is -0.450 e. The summed E-state index contributed by atoms with van der Waals surface area (Å²) in [7, 11) is 0. The van der Waals surface area contributed by atoms with Crippen molar-refractivity contribution in [3.8, 4) is 0 Å². The smallest absolute Gasteiger partial charge is 0.409 e. The third-order valence-electron chi connectivity index (χ3n) is 4.99. The number of aromatic nitrogens is 2. The molecule has 152 valence electrons. The van der Waals surface area contributed by atoms with Crippen LogP contribution in [-0.2, 0) is 9.53 Å². The van der Waals surface area contributed by atoms with Crippen molar-refractivity contribution in [3.05, 3.63) is 18.1 Å². The zero-order chi connectivity index (χ0) is 19.9. The minimum absolute atomic E-state index is 0.174. The van der Waals surface area contributed by atoms with Crippen LogP contribution in [0, 0.1) is 0 Å². The number of hydrogen-bond acceptors (Lipinski definition) is 7. The van der Waals surface area contributed by atoms with Gasteiger partial charge in [0.1, 0.15) is 11.5 Å². The highest BCUT2D eigenvalue weighted by Gasteiger charge is 2.25. The lowest BCUT2D eigenvalue weighted by molar-refractivity contribution is -0.119. The Bertz CT molecular complexity index is 682. The Morgan fingerprint density at radius 2 is 1.82 bits per heavy atom. The lowest BCUT2D eigenvalue weighted by Crippen LogP contribution is -2.48. The fourth-order valence-electron chi connectivity index (χ4n) is 3.34. The summed E-state index contributed by atoms with van der Waals surface area (Å²) < 4.78 is 5.02. The van der Waals surface area contributed by atoms with Crippen LogP contribution in [0.25, 0.3) is 0 Å². The summed E-state index contributed by atoms with van der Waals surface area (Å²) in [5, 5.41) is 3.31. The Balaban J connectivity index is 1.48. The van der Waals surface area contributed by atoms with Crippen LogP contribution in [0.15, 0.2) is 12.4 Å². The lowest BCUT2D eigenvalue weighted by atomic mass is 10.1. The summed E-state index contributed by atoms with van der Waals surface area (Å²) in [4.78, 5) is 48.6. The SMILES string of the molecule is CCOC(=O)N1CCC(Nc2cnc(C(=O)N3CCN(C=O)CC3)cn2)CC1. The number of piperidine rings is 1. The molecule has 10 nitrogen and oxygen atoms in total. The molecular weight excluding hydrogens is 364 g/mol. The molecule has 0 aliphatic carbocycles. The van der Waals surface area contributed by atoms with Crippen molar-refractivity contribution in [2.24, 2.45) is 0 Å². The van der Waals surface area contributed by atoms with E-state index in [2.05, 4.69) is 15.3 Å². The van der Waals surface area contributed by atoms with Crippen molar-refractivity contribution >= 4 is 24.2 Å². The monoisotopic (exact) mass is 390 g/mol. The molecule has 3 rings (SSSR count). The van der Waals surface area contributed by atoms with Crippen LogP contribution < -0.4 is 5.32 Å². The van der Waals surface area contributed by atoms with Crippen molar-refractivity contribution in [3.63, 3.8) is 0 Å². The van der Waals surface area contributed by atoms with Gasteiger partial charge in [0.05, 0.1) is 19.0 Å². The Labute approximate surface area is 163 Å². The van der Waals surface area contributed by atoms with Crippen molar-refractivity contribution < 1.29 is 19.1 Å². The maximum Gasteiger partial charge on any atom is 0.409 e. The van der Waals surface area contributed by atoms with Crippen molar-refractivity contribution in [1.82, 2.24) is 24.7 Å². The zero-order valence-corrected chi connectivity index (χ0v) is 16.0. The third-order valence-corrected chi connectivity index (χ3v) is 4.99. The van der Waals surface area contributed by atoms with E-state index in [1.807, 2.05) is 0 Å². The number of amides is 3. The van der Waals surface area contributed by atoms with Gasteiger partial charge in [-0.15, -0.1) is 0 Å². The van der Waals surface area contributed by atoms with E-state index in [1.165, 1.54) is 6.20 Å². The highest BCUT2D eigenvalue weighted by atomic mass is 16.6. The van der Waals surface area contributed by atoms with Crippen LogP contribution >= 0.6 is 0 Å². The van der Waals surface area contributed by atoms with E-state index in [0.29, 0.717) is 57.4 Å². The number of nitrogens with one attached hydrogen (secondary N) is 1. The fraction of sp³-hybridized carbons (Fsp3) is 0.611. The van der Waals surface area contributed by atoms with Gasteiger partial charge in [-0.3, -0.25) is 9.59 Å². The van der Waals surface area contributed by atoms with Gasteiger partial charge in [-0.2, -0.15) is 0 Å². The van der Waals surface area contributed by atoms with Crippen LogP contribution in [0.3, 0.4) is 0 Å². The van der Waals surface area contributed by atoms with Gasteiger partial charge >= 0.3 is 6.09 Å². The second-order valence-electron chi connectivity index (χ2n) is 6.83. The van der Waals surface area contributed by atoms with E-state index >= 15 is 0 Å². The largest absolute Gasteiger partial charge is 0.450 e. The van der Waals surface area contributed by atoms with E-state index in [9.17, 15) is 14.4 Å². The molecule has 2 saturated heterocycles. The first-order valence-corrected chi connectivity index (χ1v) is 9.59. The number of hydrogen-bond donors (Lipinski definition) is 1. The summed E-state index contributed by atoms with van der Waals surface area (Å²) in [6.45, 7) is 5.51. The van der Waals surface area contributed by atoms with Crippen LogP contribution in [0.2, 0.25) is 0 Å². The van der Waals surface area contributed by atoms with Gasteiger partial charge in [0.25, 0.3) is 5.91 Å². The molecule has 0 atom stereocenters. The van der Waals surface area contributed by atoms with Crippen LogP contribution in [-0.4, -0.2) is 95.0 Å². The van der Waals surface area contributed by atoms with E-state index in [4.69, 9.17) is 4.74 Å². The highest BCUT2D eigenvalue weighted by molar-refractivity contribution is 5.92.